The molecule has 0 saturated heterocycles. The third kappa shape index (κ3) is 8.31. The standard InChI is InChI=1S/C15H29N5OS/c1-5-16-15(19-12-14-18-11-13(2)22-14)17-7-6-8-20(3)9-10-21-4/h11H,5-10,12H2,1-4H3,(H2,16,17,19). The second kappa shape index (κ2) is 11.4. The van der Waals surface area contributed by atoms with Gasteiger partial charge >= 0.3 is 0 Å². The first-order chi connectivity index (χ1) is 10.7. The predicted molar refractivity (Wildman–Crippen MR) is 93.7 cm³/mol. The first kappa shape index (κ1) is 18.9. The van der Waals surface area contributed by atoms with Gasteiger partial charge in [0, 0.05) is 37.8 Å². The van der Waals surface area contributed by atoms with Crippen molar-refractivity contribution < 1.29 is 4.74 Å². The van der Waals surface area contributed by atoms with Crippen molar-refractivity contribution in [2.24, 2.45) is 4.99 Å². The van der Waals surface area contributed by atoms with Crippen molar-refractivity contribution in [3.63, 3.8) is 0 Å². The number of aryl methyl sites for hydroxylation is 1. The highest BCUT2D eigenvalue weighted by Crippen LogP contribution is 2.11. The Kier molecular flexibility index (Phi) is 9.77. The van der Waals surface area contributed by atoms with Crippen LogP contribution in [0.5, 0.6) is 0 Å². The molecule has 0 aliphatic heterocycles. The number of methoxy groups -OCH3 is 1. The topological polar surface area (TPSA) is 61.8 Å². The van der Waals surface area contributed by atoms with Gasteiger partial charge in [0.15, 0.2) is 5.96 Å². The van der Waals surface area contributed by atoms with Gasteiger partial charge in [0.2, 0.25) is 0 Å². The number of nitrogens with one attached hydrogen (secondary N) is 2. The molecule has 0 atom stereocenters. The largest absolute Gasteiger partial charge is 0.383 e. The van der Waals surface area contributed by atoms with Crippen molar-refractivity contribution in [1.29, 1.82) is 0 Å². The third-order valence-electron chi connectivity index (χ3n) is 3.07. The van der Waals surface area contributed by atoms with E-state index in [0.717, 1.165) is 50.2 Å². The monoisotopic (exact) mass is 327 g/mol. The smallest absolute Gasteiger partial charge is 0.191 e. The van der Waals surface area contributed by atoms with Gasteiger partial charge in [-0.2, -0.15) is 0 Å². The summed E-state index contributed by atoms with van der Waals surface area (Å²) in [6, 6.07) is 0. The van der Waals surface area contributed by atoms with Gasteiger partial charge in [0.25, 0.3) is 0 Å². The fourth-order valence-corrected chi connectivity index (χ4v) is 2.59. The maximum atomic E-state index is 5.07. The number of likely N-dealkylation sites (N-methyl/N-ethyl adjacent to an activating group) is 1. The van der Waals surface area contributed by atoms with Gasteiger partial charge in [-0.3, -0.25) is 0 Å². The molecule has 0 aromatic carbocycles. The molecule has 0 spiro atoms. The molecule has 0 saturated carbocycles. The van der Waals surface area contributed by atoms with Crippen LogP contribution in [0, 0.1) is 6.92 Å². The molecule has 1 rings (SSSR count). The normalized spacial score (nSPS) is 12.0. The Morgan fingerprint density at radius 3 is 2.86 bits per heavy atom. The first-order valence-electron chi connectivity index (χ1n) is 7.76. The second-order valence-electron chi connectivity index (χ2n) is 5.14. The Labute approximate surface area is 138 Å². The molecule has 1 heterocycles. The molecule has 2 N–H and O–H groups in total. The Bertz CT molecular complexity index is 435. The lowest BCUT2D eigenvalue weighted by atomic mass is 10.4. The summed E-state index contributed by atoms with van der Waals surface area (Å²) >= 11 is 1.70. The van der Waals surface area contributed by atoms with Gasteiger partial charge in [-0.25, -0.2) is 9.98 Å². The summed E-state index contributed by atoms with van der Waals surface area (Å²) in [7, 11) is 3.85. The Balaban J connectivity index is 2.28. The lowest BCUT2D eigenvalue weighted by molar-refractivity contribution is 0.161. The number of aromatic nitrogens is 1. The number of ether oxygens (including phenoxy) is 1. The van der Waals surface area contributed by atoms with E-state index in [-0.39, 0.29) is 0 Å². The predicted octanol–water partition coefficient (Wildman–Crippen LogP) is 1.47. The number of nitrogens with zero attached hydrogens (tertiary/aromatic N) is 3. The van der Waals surface area contributed by atoms with Crippen molar-refractivity contribution in [1.82, 2.24) is 20.5 Å². The third-order valence-corrected chi connectivity index (χ3v) is 3.97. The van der Waals surface area contributed by atoms with Crippen LogP contribution < -0.4 is 10.6 Å². The summed E-state index contributed by atoms with van der Waals surface area (Å²) < 4.78 is 5.07. The number of aliphatic imine (C=N–C) groups is 1. The van der Waals surface area contributed by atoms with Crippen LogP contribution in [0.3, 0.4) is 0 Å². The van der Waals surface area contributed by atoms with Crippen LogP contribution in [0.2, 0.25) is 0 Å². The lowest BCUT2D eigenvalue weighted by Crippen LogP contribution is -2.38. The van der Waals surface area contributed by atoms with E-state index >= 15 is 0 Å². The van der Waals surface area contributed by atoms with E-state index in [1.165, 1.54) is 4.88 Å². The molecule has 0 bridgehead atoms. The van der Waals surface area contributed by atoms with E-state index in [2.05, 4.69) is 46.4 Å². The van der Waals surface area contributed by atoms with Crippen LogP contribution in [0.1, 0.15) is 23.2 Å². The van der Waals surface area contributed by atoms with Crippen LogP contribution in [-0.2, 0) is 11.3 Å². The van der Waals surface area contributed by atoms with Crippen LogP contribution in [0.4, 0.5) is 0 Å². The van der Waals surface area contributed by atoms with Gasteiger partial charge in [-0.1, -0.05) is 0 Å². The van der Waals surface area contributed by atoms with Gasteiger partial charge in [-0.15, -0.1) is 11.3 Å². The highest BCUT2D eigenvalue weighted by Gasteiger charge is 2.01. The zero-order valence-corrected chi connectivity index (χ0v) is 15.0. The highest BCUT2D eigenvalue weighted by atomic mass is 32.1. The van der Waals surface area contributed by atoms with E-state index in [0.29, 0.717) is 6.54 Å². The molecular formula is C15H29N5OS. The van der Waals surface area contributed by atoms with Gasteiger partial charge < -0.3 is 20.3 Å². The van der Waals surface area contributed by atoms with Crippen molar-refractivity contribution in [3.8, 4) is 0 Å². The summed E-state index contributed by atoms with van der Waals surface area (Å²) in [5, 5.41) is 7.68. The summed E-state index contributed by atoms with van der Waals surface area (Å²) in [4.78, 5) is 12.4. The van der Waals surface area contributed by atoms with Gasteiger partial charge in [-0.05, 0) is 33.9 Å². The van der Waals surface area contributed by atoms with Crippen LogP contribution >= 0.6 is 11.3 Å². The van der Waals surface area contributed by atoms with E-state index in [4.69, 9.17) is 4.74 Å². The molecule has 0 amide bonds. The van der Waals surface area contributed by atoms with Crippen molar-refractivity contribution in [2.45, 2.75) is 26.8 Å². The van der Waals surface area contributed by atoms with E-state index in [1.807, 2.05) is 6.20 Å². The second-order valence-corrected chi connectivity index (χ2v) is 6.46. The quantitative estimate of drug-likeness (QED) is 0.387. The molecule has 1 aromatic rings. The minimum atomic E-state index is 0.627. The first-order valence-corrected chi connectivity index (χ1v) is 8.58. The SMILES string of the molecule is CCNC(=NCc1ncc(C)s1)NCCCN(C)CCOC. The van der Waals surface area contributed by atoms with Crippen molar-refractivity contribution in [2.75, 3.05) is 46.9 Å². The summed E-state index contributed by atoms with van der Waals surface area (Å²) in [5.41, 5.74) is 0. The number of hydrogen-bond acceptors (Lipinski definition) is 5. The van der Waals surface area contributed by atoms with Crippen LogP contribution in [0.15, 0.2) is 11.2 Å². The maximum Gasteiger partial charge on any atom is 0.191 e. The molecule has 1 aromatic heterocycles. The Morgan fingerprint density at radius 1 is 1.41 bits per heavy atom. The highest BCUT2D eigenvalue weighted by molar-refractivity contribution is 7.11. The molecule has 0 unspecified atom stereocenters. The summed E-state index contributed by atoms with van der Waals surface area (Å²) in [6.07, 6.45) is 2.96. The zero-order chi connectivity index (χ0) is 16.2. The van der Waals surface area contributed by atoms with Gasteiger partial charge in [0.1, 0.15) is 5.01 Å². The Morgan fingerprint density at radius 2 is 2.23 bits per heavy atom. The van der Waals surface area contributed by atoms with Crippen LogP contribution in [-0.4, -0.2) is 62.8 Å². The Hall–Kier alpha value is -1.18. The van der Waals surface area contributed by atoms with Crippen molar-refractivity contribution >= 4 is 17.3 Å². The molecule has 126 valence electrons. The van der Waals surface area contributed by atoms with Gasteiger partial charge in [0.05, 0.1) is 13.2 Å². The molecule has 0 radical (unpaired) electrons. The molecule has 0 aliphatic carbocycles. The minimum Gasteiger partial charge on any atom is -0.383 e. The van der Waals surface area contributed by atoms with E-state index < -0.39 is 0 Å². The number of thiazole rings is 1. The molecule has 0 aliphatic rings. The number of hydrogen-bond donors (Lipinski definition) is 2. The average Bonchev–Trinajstić information content (AvgIpc) is 2.92. The summed E-state index contributed by atoms with van der Waals surface area (Å²) in [5.74, 6) is 0.856. The zero-order valence-electron chi connectivity index (χ0n) is 14.2. The molecule has 7 heteroatoms. The maximum absolute atomic E-state index is 5.07. The average molecular weight is 327 g/mol. The fraction of sp³-hybridized carbons (Fsp3) is 0.733. The molecule has 22 heavy (non-hydrogen) atoms. The van der Waals surface area contributed by atoms with E-state index in [1.54, 1.807) is 18.4 Å². The number of guanidine groups is 1. The minimum absolute atomic E-state index is 0.627. The van der Waals surface area contributed by atoms with Crippen LogP contribution in [0.25, 0.3) is 0 Å². The molecule has 6 nitrogen and oxygen atoms in total. The summed E-state index contributed by atoms with van der Waals surface area (Å²) in [6.45, 7) is 9.31. The molecule has 0 fully saturated rings. The molecular weight excluding hydrogens is 298 g/mol. The number of rotatable bonds is 10. The lowest BCUT2D eigenvalue weighted by Gasteiger charge is -2.16. The van der Waals surface area contributed by atoms with Crippen molar-refractivity contribution in [3.05, 3.63) is 16.1 Å². The van der Waals surface area contributed by atoms with E-state index in [9.17, 15) is 0 Å². The fourth-order valence-electron chi connectivity index (χ4n) is 1.88.